The van der Waals surface area contributed by atoms with Crippen LogP contribution < -0.4 is 15.5 Å². The van der Waals surface area contributed by atoms with Gasteiger partial charge in [-0.05, 0) is 11.6 Å². The Labute approximate surface area is 140 Å². The molecule has 0 aliphatic heterocycles. The summed E-state index contributed by atoms with van der Waals surface area (Å²) in [5.41, 5.74) is 2.03. The molecular formula is C15H20ClN5S. The highest BCUT2D eigenvalue weighted by Gasteiger charge is 2.05. The molecule has 0 atom stereocenters. The van der Waals surface area contributed by atoms with Gasteiger partial charge < -0.3 is 15.5 Å². The summed E-state index contributed by atoms with van der Waals surface area (Å²) in [6.07, 6.45) is 0. The van der Waals surface area contributed by atoms with Gasteiger partial charge in [0.1, 0.15) is 0 Å². The van der Waals surface area contributed by atoms with E-state index in [0.717, 1.165) is 27.4 Å². The molecule has 22 heavy (non-hydrogen) atoms. The van der Waals surface area contributed by atoms with Crippen molar-refractivity contribution in [3.8, 4) is 0 Å². The summed E-state index contributed by atoms with van der Waals surface area (Å²) in [4.78, 5) is 10.7. The van der Waals surface area contributed by atoms with Crippen LogP contribution in [-0.2, 0) is 13.1 Å². The molecule has 0 spiro atoms. The summed E-state index contributed by atoms with van der Waals surface area (Å²) >= 11 is 7.77. The number of hydrogen-bond acceptors (Lipinski definition) is 4. The molecule has 7 heteroatoms. The van der Waals surface area contributed by atoms with E-state index in [1.165, 1.54) is 0 Å². The van der Waals surface area contributed by atoms with Gasteiger partial charge in [0.2, 0.25) is 0 Å². The number of hydrogen-bond donors (Lipinski definition) is 2. The van der Waals surface area contributed by atoms with E-state index in [9.17, 15) is 0 Å². The zero-order chi connectivity index (χ0) is 15.9. The largest absolute Gasteiger partial charge is 0.354 e. The lowest BCUT2D eigenvalue weighted by molar-refractivity contribution is 0.797. The van der Waals surface area contributed by atoms with Gasteiger partial charge in [-0.3, -0.25) is 4.99 Å². The van der Waals surface area contributed by atoms with Crippen molar-refractivity contribution in [1.29, 1.82) is 0 Å². The van der Waals surface area contributed by atoms with Crippen LogP contribution in [0.1, 0.15) is 11.3 Å². The molecule has 0 amide bonds. The van der Waals surface area contributed by atoms with Crippen molar-refractivity contribution in [3.05, 3.63) is 45.9 Å². The molecule has 0 saturated carbocycles. The van der Waals surface area contributed by atoms with Crippen LogP contribution in [0.4, 0.5) is 5.13 Å². The molecule has 2 rings (SSSR count). The summed E-state index contributed by atoms with van der Waals surface area (Å²) in [6, 6.07) is 7.76. The van der Waals surface area contributed by atoms with E-state index in [-0.39, 0.29) is 0 Å². The molecule has 118 valence electrons. The second-order valence-corrected chi connectivity index (χ2v) is 6.13. The van der Waals surface area contributed by atoms with Gasteiger partial charge >= 0.3 is 0 Å². The predicted octanol–water partition coefficient (Wildman–Crippen LogP) is 2.73. The predicted molar refractivity (Wildman–Crippen MR) is 94.9 cm³/mol. The number of rotatable bonds is 5. The molecule has 0 saturated heterocycles. The van der Waals surface area contributed by atoms with E-state index < -0.39 is 0 Å². The van der Waals surface area contributed by atoms with Crippen LogP contribution in [0.2, 0.25) is 5.02 Å². The number of aromatic nitrogens is 1. The molecule has 1 aromatic heterocycles. The second-order valence-electron chi connectivity index (χ2n) is 4.89. The highest BCUT2D eigenvalue weighted by molar-refractivity contribution is 7.13. The molecule has 0 radical (unpaired) electrons. The maximum absolute atomic E-state index is 6.14. The Morgan fingerprint density at radius 1 is 1.27 bits per heavy atom. The van der Waals surface area contributed by atoms with Crippen molar-refractivity contribution >= 4 is 34.0 Å². The van der Waals surface area contributed by atoms with E-state index in [4.69, 9.17) is 11.6 Å². The third-order valence-corrected chi connectivity index (χ3v) is 4.41. The third-order valence-electron chi connectivity index (χ3n) is 2.99. The number of thiazole rings is 1. The summed E-state index contributed by atoms with van der Waals surface area (Å²) in [6.45, 7) is 1.26. The summed E-state index contributed by atoms with van der Waals surface area (Å²) in [7, 11) is 5.72. The number of guanidine groups is 1. The van der Waals surface area contributed by atoms with E-state index in [0.29, 0.717) is 13.1 Å². The Balaban J connectivity index is 1.86. The first-order valence-electron chi connectivity index (χ1n) is 6.90. The first kappa shape index (κ1) is 16.6. The Bertz CT molecular complexity index is 638. The zero-order valence-corrected chi connectivity index (χ0v) is 14.5. The maximum Gasteiger partial charge on any atom is 0.191 e. The van der Waals surface area contributed by atoms with Gasteiger partial charge in [-0.1, -0.05) is 29.8 Å². The van der Waals surface area contributed by atoms with Crippen molar-refractivity contribution in [1.82, 2.24) is 15.6 Å². The molecule has 0 aliphatic carbocycles. The number of halogens is 1. The van der Waals surface area contributed by atoms with Crippen LogP contribution in [-0.4, -0.2) is 32.1 Å². The monoisotopic (exact) mass is 337 g/mol. The van der Waals surface area contributed by atoms with Crippen LogP contribution in [0, 0.1) is 0 Å². The molecular weight excluding hydrogens is 318 g/mol. The van der Waals surface area contributed by atoms with Gasteiger partial charge in [-0.2, -0.15) is 0 Å². The minimum atomic E-state index is 0.624. The van der Waals surface area contributed by atoms with Crippen molar-refractivity contribution in [2.45, 2.75) is 13.1 Å². The molecule has 2 aromatic rings. The van der Waals surface area contributed by atoms with E-state index >= 15 is 0 Å². The average Bonchev–Trinajstić information content (AvgIpc) is 2.98. The van der Waals surface area contributed by atoms with Gasteiger partial charge in [0.15, 0.2) is 11.1 Å². The first-order chi connectivity index (χ1) is 10.6. The normalized spacial score (nSPS) is 11.4. The smallest absolute Gasteiger partial charge is 0.191 e. The van der Waals surface area contributed by atoms with Crippen LogP contribution in [0.3, 0.4) is 0 Å². The van der Waals surface area contributed by atoms with E-state index in [1.807, 2.05) is 48.6 Å². The van der Waals surface area contributed by atoms with Crippen molar-refractivity contribution < 1.29 is 0 Å². The lowest BCUT2D eigenvalue weighted by atomic mass is 10.2. The summed E-state index contributed by atoms with van der Waals surface area (Å²) < 4.78 is 0. The second kappa shape index (κ2) is 8.00. The fourth-order valence-electron chi connectivity index (χ4n) is 1.80. The minimum Gasteiger partial charge on any atom is -0.354 e. The van der Waals surface area contributed by atoms with Crippen LogP contribution in [0.5, 0.6) is 0 Å². The van der Waals surface area contributed by atoms with Crippen LogP contribution in [0.15, 0.2) is 34.6 Å². The fraction of sp³-hybridized carbons (Fsp3) is 0.333. The van der Waals surface area contributed by atoms with Crippen molar-refractivity contribution in [3.63, 3.8) is 0 Å². The van der Waals surface area contributed by atoms with E-state index in [2.05, 4.69) is 20.6 Å². The Morgan fingerprint density at radius 2 is 2.00 bits per heavy atom. The zero-order valence-electron chi connectivity index (χ0n) is 12.9. The SMILES string of the molecule is CN=C(NCc1csc(N(C)C)n1)NCc1ccccc1Cl. The number of benzene rings is 1. The molecule has 0 unspecified atom stereocenters. The van der Waals surface area contributed by atoms with Crippen LogP contribution >= 0.6 is 22.9 Å². The minimum absolute atomic E-state index is 0.624. The van der Waals surface area contributed by atoms with Gasteiger partial charge in [0, 0.05) is 38.1 Å². The molecule has 5 nitrogen and oxygen atoms in total. The number of anilines is 1. The quantitative estimate of drug-likeness (QED) is 0.650. The molecule has 0 fully saturated rings. The van der Waals surface area contributed by atoms with Gasteiger partial charge in [-0.15, -0.1) is 11.3 Å². The van der Waals surface area contributed by atoms with Crippen LogP contribution in [0.25, 0.3) is 0 Å². The van der Waals surface area contributed by atoms with E-state index in [1.54, 1.807) is 18.4 Å². The standard InChI is InChI=1S/C15H20ClN5S/c1-17-14(18-8-11-6-4-5-7-13(11)16)19-9-12-10-22-15(20-12)21(2)3/h4-7,10H,8-9H2,1-3H3,(H2,17,18,19). The fourth-order valence-corrected chi connectivity index (χ4v) is 2.76. The lowest BCUT2D eigenvalue weighted by Gasteiger charge is -2.12. The van der Waals surface area contributed by atoms with Gasteiger partial charge in [0.25, 0.3) is 0 Å². The topological polar surface area (TPSA) is 52.6 Å². The Morgan fingerprint density at radius 3 is 2.64 bits per heavy atom. The highest BCUT2D eigenvalue weighted by atomic mass is 35.5. The summed E-state index contributed by atoms with van der Waals surface area (Å²) in [5.74, 6) is 0.722. The number of nitrogens with one attached hydrogen (secondary N) is 2. The van der Waals surface area contributed by atoms with Crippen molar-refractivity contribution in [2.75, 3.05) is 26.0 Å². The maximum atomic E-state index is 6.14. The number of aliphatic imine (C=N–C) groups is 1. The molecule has 2 N–H and O–H groups in total. The third kappa shape index (κ3) is 4.61. The lowest BCUT2D eigenvalue weighted by Crippen LogP contribution is -2.36. The molecule has 0 aliphatic rings. The van der Waals surface area contributed by atoms with Gasteiger partial charge in [-0.25, -0.2) is 4.98 Å². The molecule has 1 heterocycles. The highest BCUT2D eigenvalue weighted by Crippen LogP contribution is 2.17. The summed E-state index contributed by atoms with van der Waals surface area (Å²) in [5, 5.41) is 10.3. The molecule has 1 aromatic carbocycles. The molecule has 0 bridgehead atoms. The van der Waals surface area contributed by atoms with Gasteiger partial charge in [0.05, 0.1) is 12.2 Å². The first-order valence-corrected chi connectivity index (χ1v) is 8.15. The Hall–Kier alpha value is -1.79. The van der Waals surface area contributed by atoms with Crippen molar-refractivity contribution in [2.24, 2.45) is 4.99 Å². The number of nitrogens with zero attached hydrogens (tertiary/aromatic N) is 3. The average molecular weight is 338 g/mol. The Kier molecular flexibility index (Phi) is 6.03.